The molecular weight excluding hydrogens is 312 g/mol. The van der Waals surface area contributed by atoms with E-state index in [2.05, 4.69) is 21.8 Å². The first-order valence-electron chi connectivity index (χ1n) is 8.58. The normalized spacial score (nSPS) is 14.2. The molecule has 1 saturated carbocycles. The molecule has 3 rings (SSSR count). The molecule has 0 bridgehead atoms. The molecule has 25 heavy (non-hydrogen) atoms. The van der Waals surface area contributed by atoms with Crippen LogP contribution in [0.25, 0.3) is 6.08 Å². The number of aromatic nitrogens is 2. The van der Waals surface area contributed by atoms with Crippen molar-refractivity contribution in [1.82, 2.24) is 14.9 Å². The second-order valence-corrected chi connectivity index (χ2v) is 6.42. The highest BCUT2D eigenvalue weighted by molar-refractivity contribution is 6.01. The molecule has 2 aromatic heterocycles. The first-order chi connectivity index (χ1) is 12.1. The molecule has 0 aliphatic heterocycles. The fraction of sp³-hybridized carbons (Fsp3) is 0.350. The highest BCUT2D eigenvalue weighted by Gasteiger charge is 2.26. The fourth-order valence-corrected chi connectivity index (χ4v) is 3.09. The number of nitrogens with zero attached hydrogens (tertiary/aromatic N) is 3. The predicted molar refractivity (Wildman–Crippen MR) is 96.7 cm³/mol. The van der Waals surface area contributed by atoms with Crippen molar-refractivity contribution < 1.29 is 4.79 Å². The van der Waals surface area contributed by atoms with Gasteiger partial charge < -0.3 is 9.88 Å². The number of aryl methyl sites for hydroxylation is 1. The molecule has 1 N–H and O–H groups in total. The van der Waals surface area contributed by atoms with Gasteiger partial charge in [0.15, 0.2) is 0 Å². The molecule has 5 nitrogen and oxygen atoms in total. The fourth-order valence-electron chi connectivity index (χ4n) is 3.09. The Morgan fingerprint density at radius 2 is 2.24 bits per heavy atom. The average molecular weight is 334 g/mol. The summed E-state index contributed by atoms with van der Waals surface area (Å²) in [6, 6.07) is 10.3. The van der Waals surface area contributed by atoms with Crippen molar-refractivity contribution in [2.45, 2.75) is 39.2 Å². The van der Waals surface area contributed by atoms with Gasteiger partial charge in [-0.05, 0) is 56.5 Å². The Bertz CT molecular complexity index is 839. The smallest absolute Gasteiger partial charge is 0.261 e. The maximum atomic E-state index is 12.3. The van der Waals surface area contributed by atoms with Gasteiger partial charge in [-0.2, -0.15) is 5.26 Å². The molecule has 1 amide bonds. The van der Waals surface area contributed by atoms with Gasteiger partial charge in [0, 0.05) is 42.3 Å². The number of nitriles is 1. The first kappa shape index (κ1) is 17.0. The Morgan fingerprint density at radius 1 is 1.44 bits per heavy atom. The zero-order chi connectivity index (χ0) is 17.8. The topological polar surface area (TPSA) is 70.7 Å². The monoisotopic (exact) mass is 334 g/mol. The van der Waals surface area contributed by atoms with Crippen LogP contribution in [-0.2, 0) is 11.2 Å². The largest absolute Gasteiger partial charge is 0.351 e. The summed E-state index contributed by atoms with van der Waals surface area (Å²) >= 11 is 0. The molecule has 0 saturated heterocycles. The molecular formula is C20H22N4O. The number of hydrogen-bond donors (Lipinski definition) is 1. The summed E-state index contributed by atoms with van der Waals surface area (Å²) in [7, 11) is 0. The average Bonchev–Trinajstić information content (AvgIpc) is 3.40. The molecule has 0 spiro atoms. The maximum Gasteiger partial charge on any atom is 0.261 e. The molecule has 0 radical (unpaired) electrons. The van der Waals surface area contributed by atoms with Crippen LogP contribution in [0.5, 0.6) is 0 Å². The lowest BCUT2D eigenvalue weighted by Gasteiger charge is -2.07. The molecule has 0 aromatic carbocycles. The van der Waals surface area contributed by atoms with Crippen LogP contribution in [0, 0.1) is 25.2 Å². The van der Waals surface area contributed by atoms with Crippen LogP contribution in [0.3, 0.4) is 0 Å². The van der Waals surface area contributed by atoms with Crippen molar-refractivity contribution in [2.75, 3.05) is 6.54 Å². The van der Waals surface area contributed by atoms with E-state index in [1.165, 1.54) is 18.5 Å². The Kier molecular flexibility index (Phi) is 4.99. The third-order valence-corrected chi connectivity index (χ3v) is 4.49. The van der Waals surface area contributed by atoms with Gasteiger partial charge in [0.1, 0.15) is 11.6 Å². The van der Waals surface area contributed by atoms with E-state index in [-0.39, 0.29) is 11.5 Å². The summed E-state index contributed by atoms with van der Waals surface area (Å²) in [6.07, 6.45) is 6.48. The summed E-state index contributed by atoms with van der Waals surface area (Å²) in [6.45, 7) is 4.57. The van der Waals surface area contributed by atoms with Crippen LogP contribution in [0.15, 0.2) is 36.0 Å². The molecule has 128 valence electrons. The molecule has 1 aliphatic carbocycles. The Hall–Kier alpha value is -2.87. The molecule has 1 aliphatic rings. The number of amides is 1. The number of nitrogens with one attached hydrogen (secondary N) is 1. The number of hydrogen-bond acceptors (Lipinski definition) is 3. The van der Waals surface area contributed by atoms with Crippen LogP contribution < -0.4 is 5.32 Å². The highest BCUT2D eigenvalue weighted by Crippen LogP contribution is 2.38. The van der Waals surface area contributed by atoms with Crippen LogP contribution in [0.1, 0.15) is 41.5 Å². The number of rotatable bonds is 6. The summed E-state index contributed by atoms with van der Waals surface area (Å²) in [4.78, 5) is 16.5. The van der Waals surface area contributed by atoms with Gasteiger partial charge in [0.25, 0.3) is 5.91 Å². The van der Waals surface area contributed by atoms with Crippen molar-refractivity contribution in [3.63, 3.8) is 0 Å². The van der Waals surface area contributed by atoms with Gasteiger partial charge >= 0.3 is 0 Å². The third kappa shape index (κ3) is 3.97. The van der Waals surface area contributed by atoms with Crippen molar-refractivity contribution >= 4 is 12.0 Å². The lowest BCUT2D eigenvalue weighted by atomic mass is 10.1. The predicted octanol–water partition coefficient (Wildman–Crippen LogP) is 3.10. The van der Waals surface area contributed by atoms with Gasteiger partial charge in [0.2, 0.25) is 0 Å². The van der Waals surface area contributed by atoms with E-state index in [9.17, 15) is 10.1 Å². The number of carbonyl (C=O) groups is 1. The van der Waals surface area contributed by atoms with Gasteiger partial charge in [-0.1, -0.05) is 6.07 Å². The second kappa shape index (κ2) is 7.35. The maximum absolute atomic E-state index is 12.3. The Morgan fingerprint density at radius 3 is 2.88 bits per heavy atom. The van der Waals surface area contributed by atoms with Gasteiger partial charge in [-0.15, -0.1) is 0 Å². The third-order valence-electron chi connectivity index (χ3n) is 4.49. The highest BCUT2D eigenvalue weighted by atomic mass is 16.1. The van der Waals surface area contributed by atoms with Gasteiger partial charge in [-0.3, -0.25) is 9.78 Å². The van der Waals surface area contributed by atoms with Crippen LogP contribution in [0.2, 0.25) is 0 Å². The van der Waals surface area contributed by atoms with E-state index in [0.29, 0.717) is 19.0 Å². The molecule has 2 heterocycles. The van der Waals surface area contributed by atoms with Crippen LogP contribution in [-0.4, -0.2) is 22.0 Å². The Labute approximate surface area is 148 Å². The first-order valence-corrected chi connectivity index (χ1v) is 8.58. The molecule has 0 unspecified atom stereocenters. The lowest BCUT2D eigenvalue weighted by molar-refractivity contribution is -0.117. The minimum absolute atomic E-state index is 0.136. The lowest BCUT2D eigenvalue weighted by Crippen LogP contribution is -2.26. The number of pyridine rings is 1. The summed E-state index contributed by atoms with van der Waals surface area (Å²) in [5.41, 5.74) is 4.30. The van der Waals surface area contributed by atoms with Gasteiger partial charge in [-0.25, -0.2) is 0 Å². The van der Waals surface area contributed by atoms with E-state index >= 15 is 0 Å². The quantitative estimate of drug-likeness (QED) is 0.652. The van der Waals surface area contributed by atoms with E-state index in [4.69, 9.17) is 0 Å². The zero-order valence-corrected chi connectivity index (χ0v) is 14.6. The van der Waals surface area contributed by atoms with Crippen molar-refractivity contribution in [2.24, 2.45) is 0 Å². The molecule has 2 aromatic rings. The number of carbonyl (C=O) groups excluding carboxylic acids is 1. The van der Waals surface area contributed by atoms with Crippen molar-refractivity contribution in [3.8, 4) is 6.07 Å². The van der Waals surface area contributed by atoms with E-state index < -0.39 is 0 Å². The molecule has 5 heteroatoms. The van der Waals surface area contributed by atoms with E-state index in [1.807, 2.05) is 37.3 Å². The minimum atomic E-state index is -0.338. The van der Waals surface area contributed by atoms with E-state index in [1.54, 1.807) is 12.3 Å². The van der Waals surface area contributed by atoms with Crippen LogP contribution >= 0.6 is 0 Å². The second-order valence-electron chi connectivity index (χ2n) is 6.42. The molecule has 1 fully saturated rings. The van der Waals surface area contributed by atoms with Crippen molar-refractivity contribution in [3.05, 3.63) is 58.7 Å². The minimum Gasteiger partial charge on any atom is -0.351 e. The summed E-state index contributed by atoms with van der Waals surface area (Å²) < 4.78 is 2.31. The Balaban J connectivity index is 1.67. The standard InChI is InChI=1S/C20H22N4O/c1-14-11-16(15(2)24(14)19-6-7-19)12-17(13-21)20(25)23-10-8-18-5-3-4-9-22-18/h3-5,9,11-12,19H,6-8,10H2,1-2H3,(H,23,25). The zero-order valence-electron chi connectivity index (χ0n) is 14.6. The van der Waals surface area contributed by atoms with E-state index in [0.717, 1.165) is 17.0 Å². The molecule has 0 atom stereocenters. The van der Waals surface area contributed by atoms with Crippen molar-refractivity contribution in [1.29, 1.82) is 5.26 Å². The van der Waals surface area contributed by atoms with Crippen LogP contribution in [0.4, 0.5) is 0 Å². The summed E-state index contributed by atoms with van der Waals surface area (Å²) in [5.74, 6) is -0.338. The summed E-state index contributed by atoms with van der Waals surface area (Å²) in [5, 5.41) is 12.2. The van der Waals surface area contributed by atoms with Gasteiger partial charge in [0.05, 0.1) is 0 Å². The SMILES string of the molecule is Cc1cc(C=C(C#N)C(=O)NCCc2ccccn2)c(C)n1C1CC1.